The molecule has 0 aromatic carbocycles. The van der Waals surface area contributed by atoms with Gasteiger partial charge >= 0.3 is 0 Å². The van der Waals surface area contributed by atoms with Gasteiger partial charge in [0.2, 0.25) is 0 Å². The van der Waals surface area contributed by atoms with E-state index in [2.05, 4.69) is 38.0 Å². The SMILES string of the molecule is C[C@]12CC[C@H]3[C@@H](CCC4C[C@@H](O)CC[C@@]43C)[C@@H]1CC[C@@H]2[C@](C)(O)CCc1cc[nH]c1. The van der Waals surface area contributed by atoms with Gasteiger partial charge in [-0.1, -0.05) is 13.8 Å². The van der Waals surface area contributed by atoms with E-state index in [0.29, 0.717) is 16.7 Å². The molecule has 0 spiro atoms. The van der Waals surface area contributed by atoms with Gasteiger partial charge in [0.05, 0.1) is 11.7 Å². The number of hydrogen-bond donors (Lipinski definition) is 3. The predicted octanol–water partition coefficient (Wildman–Crippen LogP) is 5.72. The quantitative estimate of drug-likeness (QED) is 0.591. The number of aromatic nitrogens is 1. The van der Waals surface area contributed by atoms with Crippen LogP contribution in [0.5, 0.6) is 0 Å². The summed E-state index contributed by atoms with van der Waals surface area (Å²) in [6.07, 6.45) is 16.9. The number of rotatable bonds is 4. The van der Waals surface area contributed by atoms with Gasteiger partial charge < -0.3 is 15.2 Å². The molecule has 0 radical (unpaired) electrons. The minimum Gasteiger partial charge on any atom is -0.393 e. The fraction of sp³-hybridized carbons (Fsp3) is 0.852. The molecule has 4 aliphatic carbocycles. The van der Waals surface area contributed by atoms with Crippen LogP contribution in [0, 0.1) is 40.4 Å². The Bertz CT molecular complexity index is 742. The summed E-state index contributed by atoms with van der Waals surface area (Å²) in [6.45, 7) is 7.24. The highest BCUT2D eigenvalue weighted by molar-refractivity contribution is 5.13. The number of aliphatic hydroxyl groups excluding tert-OH is 1. The lowest BCUT2D eigenvalue weighted by molar-refractivity contribution is -0.144. The molecule has 9 atom stereocenters. The van der Waals surface area contributed by atoms with E-state index >= 15 is 0 Å². The Kier molecular flexibility index (Phi) is 5.18. The molecule has 1 aromatic rings. The first-order valence-corrected chi connectivity index (χ1v) is 12.8. The number of nitrogens with one attached hydrogen (secondary N) is 1. The lowest BCUT2D eigenvalue weighted by atomic mass is 9.44. The second-order valence-corrected chi connectivity index (χ2v) is 12.3. The summed E-state index contributed by atoms with van der Waals surface area (Å²) in [5.74, 6) is 3.61. The van der Waals surface area contributed by atoms with E-state index in [4.69, 9.17) is 0 Å². The number of fused-ring (bicyclic) bond motifs is 5. The van der Waals surface area contributed by atoms with Crippen LogP contribution in [-0.4, -0.2) is 26.9 Å². The highest BCUT2D eigenvalue weighted by Crippen LogP contribution is 2.68. The lowest BCUT2D eigenvalue weighted by Crippen LogP contribution is -2.55. The fourth-order valence-electron chi connectivity index (χ4n) is 9.34. The zero-order valence-electron chi connectivity index (χ0n) is 19.4. The highest BCUT2D eigenvalue weighted by Gasteiger charge is 2.62. The van der Waals surface area contributed by atoms with Crippen molar-refractivity contribution in [2.45, 2.75) is 103 Å². The smallest absolute Gasteiger partial charge is 0.0656 e. The summed E-state index contributed by atoms with van der Waals surface area (Å²) < 4.78 is 0. The molecule has 4 saturated carbocycles. The van der Waals surface area contributed by atoms with E-state index in [1.54, 1.807) is 0 Å². The van der Waals surface area contributed by atoms with Crippen LogP contribution >= 0.6 is 0 Å². The van der Waals surface area contributed by atoms with E-state index < -0.39 is 5.60 Å². The van der Waals surface area contributed by atoms with Crippen molar-refractivity contribution in [2.75, 3.05) is 0 Å². The van der Waals surface area contributed by atoms with Gasteiger partial charge in [0.25, 0.3) is 0 Å². The number of aliphatic hydroxyl groups is 2. The Labute approximate surface area is 183 Å². The van der Waals surface area contributed by atoms with Gasteiger partial charge in [-0.3, -0.25) is 0 Å². The van der Waals surface area contributed by atoms with Gasteiger partial charge in [0, 0.05) is 12.4 Å². The fourth-order valence-corrected chi connectivity index (χ4v) is 9.34. The van der Waals surface area contributed by atoms with Crippen molar-refractivity contribution in [1.82, 2.24) is 4.98 Å². The largest absolute Gasteiger partial charge is 0.393 e. The molecule has 0 amide bonds. The Morgan fingerprint density at radius 1 is 1.03 bits per heavy atom. The first kappa shape index (κ1) is 21.1. The van der Waals surface area contributed by atoms with Crippen molar-refractivity contribution < 1.29 is 10.2 Å². The molecular weight excluding hydrogens is 370 g/mol. The standard InChI is InChI=1S/C27H43NO2/c1-25-12-9-20(29)16-19(25)4-5-21-22-6-7-24(26(22,2)13-10-23(21)25)27(3,30)14-8-18-11-15-28-17-18/h11,15,17,19-24,28-30H,4-10,12-14,16H2,1-3H3/t19?,20-,21-,22-,23-,24-,25-,26-,27+/m0/s1. The second-order valence-electron chi connectivity index (χ2n) is 12.3. The third kappa shape index (κ3) is 3.22. The van der Waals surface area contributed by atoms with Crippen LogP contribution in [-0.2, 0) is 6.42 Å². The molecule has 3 N–H and O–H groups in total. The maximum atomic E-state index is 11.6. The zero-order chi connectivity index (χ0) is 21.1. The Hall–Kier alpha value is -0.800. The third-order valence-corrected chi connectivity index (χ3v) is 11.0. The van der Waals surface area contributed by atoms with Crippen LogP contribution in [0.4, 0.5) is 0 Å². The lowest BCUT2D eigenvalue weighted by Gasteiger charge is -2.61. The van der Waals surface area contributed by atoms with Crippen molar-refractivity contribution >= 4 is 0 Å². The Morgan fingerprint density at radius 3 is 2.57 bits per heavy atom. The van der Waals surface area contributed by atoms with E-state index in [-0.39, 0.29) is 6.10 Å². The van der Waals surface area contributed by atoms with Crippen molar-refractivity contribution in [3.63, 3.8) is 0 Å². The molecule has 0 saturated heterocycles. The predicted molar refractivity (Wildman–Crippen MR) is 121 cm³/mol. The zero-order valence-corrected chi connectivity index (χ0v) is 19.4. The summed E-state index contributed by atoms with van der Waals surface area (Å²) >= 11 is 0. The van der Waals surface area contributed by atoms with Gasteiger partial charge in [-0.2, -0.15) is 0 Å². The van der Waals surface area contributed by atoms with E-state index in [0.717, 1.165) is 49.4 Å². The maximum Gasteiger partial charge on any atom is 0.0656 e. The average molecular weight is 414 g/mol. The van der Waals surface area contributed by atoms with Gasteiger partial charge in [0.15, 0.2) is 0 Å². The van der Waals surface area contributed by atoms with E-state index in [1.807, 2.05) is 6.20 Å². The van der Waals surface area contributed by atoms with Crippen LogP contribution in [0.3, 0.4) is 0 Å². The minimum absolute atomic E-state index is 0.0560. The molecule has 1 aromatic heterocycles. The van der Waals surface area contributed by atoms with E-state index in [9.17, 15) is 10.2 Å². The molecule has 0 aliphatic heterocycles. The summed E-state index contributed by atoms with van der Waals surface area (Å²) in [5, 5.41) is 21.9. The third-order valence-electron chi connectivity index (χ3n) is 11.0. The summed E-state index contributed by atoms with van der Waals surface area (Å²) in [6, 6.07) is 2.14. The molecular formula is C27H43NO2. The van der Waals surface area contributed by atoms with E-state index in [1.165, 1.54) is 50.5 Å². The maximum absolute atomic E-state index is 11.6. The van der Waals surface area contributed by atoms with Gasteiger partial charge in [-0.25, -0.2) is 0 Å². The molecule has 0 bridgehead atoms. The van der Waals surface area contributed by atoms with Crippen molar-refractivity contribution in [2.24, 2.45) is 40.4 Å². The Balaban J connectivity index is 1.34. The summed E-state index contributed by atoms with van der Waals surface area (Å²) in [4.78, 5) is 3.15. The summed E-state index contributed by atoms with van der Waals surface area (Å²) in [5.41, 5.74) is 1.46. The summed E-state index contributed by atoms with van der Waals surface area (Å²) in [7, 11) is 0. The van der Waals surface area contributed by atoms with Crippen LogP contribution in [0.25, 0.3) is 0 Å². The number of hydrogen-bond acceptors (Lipinski definition) is 2. The van der Waals surface area contributed by atoms with Crippen LogP contribution < -0.4 is 0 Å². The molecule has 30 heavy (non-hydrogen) atoms. The van der Waals surface area contributed by atoms with Gasteiger partial charge in [-0.05, 0) is 130 Å². The molecule has 4 fully saturated rings. The second kappa shape index (κ2) is 7.37. The average Bonchev–Trinajstić information content (AvgIpc) is 3.34. The minimum atomic E-state index is -0.580. The first-order chi connectivity index (χ1) is 14.2. The van der Waals surface area contributed by atoms with Gasteiger partial charge in [-0.15, -0.1) is 0 Å². The normalized spacial score (nSPS) is 47.8. The molecule has 4 aliphatic rings. The molecule has 5 rings (SSSR count). The molecule has 3 nitrogen and oxygen atoms in total. The number of aryl methyl sites for hydroxylation is 1. The molecule has 168 valence electrons. The Morgan fingerprint density at radius 2 is 1.80 bits per heavy atom. The highest BCUT2D eigenvalue weighted by atomic mass is 16.3. The molecule has 1 unspecified atom stereocenters. The van der Waals surface area contributed by atoms with Crippen LogP contribution in [0.1, 0.15) is 90.5 Å². The van der Waals surface area contributed by atoms with Crippen molar-refractivity contribution in [3.8, 4) is 0 Å². The van der Waals surface area contributed by atoms with Crippen molar-refractivity contribution in [3.05, 3.63) is 24.0 Å². The van der Waals surface area contributed by atoms with Crippen LogP contribution in [0.2, 0.25) is 0 Å². The topological polar surface area (TPSA) is 56.2 Å². The van der Waals surface area contributed by atoms with Gasteiger partial charge in [0.1, 0.15) is 0 Å². The molecule has 1 heterocycles. The molecule has 3 heteroatoms. The number of aromatic amines is 1. The number of H-pyrrole nitrogens is 1. The first-order valence-electron chi connectivity index (χ1n) is 12.8. The van der Waals surface area contributed by atoms with Crippen LogP contribution in [0.15, 0.2) is 18.5 Å². The van der Waals surface area contributed by atoms with Crippen molar-refractivity contribution in [1.29, 1.82) is 0 Å². The monoisotopic (exact) mass is 413 g/mol.